The second-order valence-electron chi connectivity index (χ2n) is 10.9. The number of aliphatic hydroxyl groups is 2. The van der Waals surface area contributed by atoms with Gasteiger partial charge in [0.1, 0.15) is 0 Å². The summed E-state index contributed by atoms with van der Waals surface area (Å²) in [5.41, 5.74) is 16.8. The SMILES string of the molecule is CCC1=C(C)c2cc3[n-]c(cc4nc(cc5[n-]c(cc1n2)c(C)c5CCCO)C(CCCO)=C4C)c(C)c3CC.[Co+2]. The Labute approximate surface area is 253 Å². The van der Waals surface area contributed by atoms with E-state index in [0.29, 0.717) is 12.8 Å². The predicted octanol–water partition coefficient (Wildman–Crippen LogP) is 6.72. The summed E-state index contributed by atoms with van der Waals surface area (Å²) >= 11 is 0. The van der Waals surface area contributed by atoms with E-state index in [9.17, 15) is 10.2 Å². The number of aryl methyl sites for hydroxylation is 4. The van der Waals surface area contributed by atoms with Gasteiger partial charge in [-0.3, -0.25) is 0 Å². The molecule has 0 saturated carbocycles. The van der Waals surface area contributed by atoms with Crippen LogP contribution in [0.1, 0.15) is 98.4 Å². The number of aliphatic hydroxyl groups excluding tert-OH is 2. The third kappa shape index (κ3) is 5.73. The topological polar surface area (TPSA) is 94.4 Å². The van der Waals surface area contributed by atoms with E-state index in [2.05, 4.69) is 65.8 Å². The predicted molar refractivity (Wildman–Crippen MR) is 165 cm³/mol. The maximum atomic E-state index is 9.62. The van der Waals surface area contributed by atoms with Gasteiger partial charge in [-0.25, -0.2) is 9.97 Å². The Bertz CT molecular complexity index is 1690. The molecule has 0 saturated heterocycles. The molecule has 3 aromatic heterocycles. The second-order valence-corrected chi connectivity index (χ2v) is 10.9. The number of rotatable bonds is 8. The zero-order valence-corrected chi connectivity index (χ0v) is 26.0. The van der Waals surface area contributed by atoms with Gasteiger partial charge < -0.3 is 20.2 Å². The van der Waals surface area contributed by atoms with Crippen molar-refractivity contribution in [1.29, 1.82) is 0 Å². The van der Waals surface area contributed by atoms with Gasteiger partial charge in [-0.15, -0.1) is 22.1 Å². The standard InChI is InChI=1S/C34H40N4O2.Co/c1-7-23-19(3)27-15-28-21(5)25(11-9-13-39)33(37-28)18-34-26(12-10-14-40)22(6)30(38-34)17-32-24(8-2)20(4)29(36-32)16-31(23)35-27;/h15-18,39-40H,7-14H2,1-6H3;/q-2;+2. The summed E-state index contributed by atoms with van der Waals surface area (Å²) in [7, 11) is 0. The molecule has 217 valence electrons. The van der Waals surface area contributed by atoms with Gasteiger partial charge in [0, 0.05) is 13.2 Å². The van der Waals surface area contributed by atoms with Crippen molar-refractivity contribution in [3.8, 4) is 0 Å². The second kappa shape index (κ2) is 12.9. The number of aromatic nitrogens is 4. The van der Waals surface area contributed by atoms with Gasteiger partial charge in [0.2, 0.25) is 0 Å². The van der Waals surface area contributed by atoms with E-state index in [4.69, 9.17) is 19.9 Å². The number of allylic oxidation sites excluding steroid dienone is 4. The Hall–Kier alpha value is -2.97. The normalized spacial score (nSPS) is 13.3. The fourth-order valence-corrected chi connectivity index (χ4v) is 6.10. The van der Waals surface area contributed by atoms with Crippen molar-refractivity contribution >= 4 is 44.4 Å². The van der Waals surface area contributed by atoms with Crippen LogP contribution in [-0.2, 0) is 29.6 Å². The smallest absolute Gasteiger partial charge is 0.657 e. The zero-order chi connectivity index (χ0) is 28.6. The Morgan fingerprint density at radius 3 is 1.63 bits per heavy atom. The van der Waals surface area contributed by atoms with Crippen molar-refractivity contribution < 1.29 is 27.0 Å². The minimum atomic E-state index is 0. The van der Waals surface area contributed by atoms with Crippen molar-refractivity contribution in [3.63, 3.8) is 0 Å². The van der Waals surface area contributed by atoms with Crippen LogP contribution in [0.3, 0.4) is 0 Å². The van der Waals surface area contributed by atoms with Crippen molar-refractivity contribution in [2.75, 3.05) is 13.2 Å². The first kappa shape index (κ1) is 31.0. The third-order valence-corrected chi connectivity index (χ3v) is 8.52. The van der Waals surface area contributed by atoms with Gasteiger partial charge in [-0.1, -0.05) is 60.4 Å². The molecule has 5 rings (SSSR count). The van der Waals surface area contributed by atoms with E-state index in [0.717, 1.165) is 92.8 Å². The van der Waals surface area contributed by atoms with E-state index in [1.807, 2.05) is 0 Å². The molecule has 6 nitrogen and oxygen atoms in total. The number of hydrogen-bond acceptors (Lipinski definition) is 4. The maximum absolute atomic E-state index is 9.62. The van der Waals surface area contributed by atoms with Crippen LogP contribution in [-0.4, -0.2) is 33.4 Å². The summed E-state index contributed by atoms with van der Waals surface area (Å²) in [5, 5.41) is 19.2. The third-order valence-electron chi connectivity index (χ3n) is 8.52. The van der Waals surface area contributed by atoms with Gasteiger partial charge in [-0.05, 0) is 88.5 Å². The molecule has 0 fully saturated rings. The Kier molecular flexibility index (Phi) is 9.75. The summed E-state index contributed by atoms with van der Waals surface area (Å²) in [6, 6.07) is 8.46. The number of nitrogens with zero attached hydrogens (tertiary/aromatic N) is 4. The fraction of sp³-hybridized carbons (Fsp3) is 0.412. The van der Waals surface area contributed by atoms with Crippen molar-refractivity contribution in [2.24, 2.45) is 0 Å². The minimum absolute atomic E-state index is 0. The number of fused-ring (bicyclic) bond motifs is 8. The first-order chi connectivity index (χ1) is 19.3. The summed E-state index contributed by atoms with van der Waals surface area (Å²) in [6.45, 7) is 13.2. The van der Waals surface area contributed by atoms with Gasteiger partial charge in [0.05, 0.1) is 22.8 Å². The first-order valence-electron chi connectivity index (χ1n) is 14.6. The molecule has 5 heterocycles. The first-order valence-corrected chi connectivity index (χ1v) is 14.6. The molecular formula is C34H40CoN4O2. The Morgan fingerprint density at radius 2 is 1.05 bits per heavy atom. The van der Waals surface area contributed by atoms with Crippen LogP contribution in [0, 0.1) is 13.8 Å². The maximum Gasteiger partial charge on any atom is 2.00 e. The van der Waals surface area contributed by atoms with Crippen molar-refractivity contribution in [3.05, 3.63) is 69.3 Å². The van der Waals surface area contributed by atoms with E-state index >= 15 is 0 Å². The van der Waals surface area contributed by atoms with Gasteiger partial charge in [0.15, 0.2) is 0 Å². The molecule has 0 unspecified atom stereocenters. The molecule has 0 amide bonds. The van der Waals surface area contributed by atoms with Gasteiger partial charge in [-0.2, -0.15) is 0 Å². The monoisotopic (exact) mass is 595 g/mol. The largest absolute Gasteiger partial charge is 2.00 e. The van der Waals surface area contributed by atoms with Crippen LogP contribution < -0.4 is 9.97 Å². The van der Waals surface area contributed by atoms with Crippen LogP contribution >= 0.6 is 0 Å². The van der Waals surface area contributed by atoms with E-state index in [1.165, 1.54) is 22.3 Å². The van der Waals surface area contributed by atoms with Crippen molar-refractivity contribution in [2.45, 2.75) is 80.1 Å². The Balaban J connectivity index is 0.00000387. The van der Waals surface area contributed by atoms with E-state index < -0.39 is 0 Å². The van der Waals surface area contributed by atoms with Crippen molar-refractivity contribution in [1.82, 2.24) is 19.9 Å². The molecule has 1 radical (unpaired) electrons. The fourth-order valence-electron chi connectivity index (χ4n) is 6.10. The molecular weight excluding hydrogens is 555 g/mol. The molecule has 8 bridgehead atoms. The molecule has 0 aliphatic carbocycles. The summed E-state index contributed by atoms with van der Waals surface area (Å²) in [4.78, 5) is 20.4. The summed E-state index contributed by atoms with van der Waals surface area (Å²) < 4.78 is 0. The molecule has 2 N–H and O–H groups in total. The molecule has 41 heavy (non-hydrogen) atoms. The van der Waals surface area contributed by atoms with Crippen LogP contribution in [0.5, 0.6) is 0 Å². The molecule has 2 aliphatic rings. The summed E-state index contributed by atoms with van der Waals surface area (Å²) in [6.07, 6.45) is 4.61. The van der Waals surface area contributed by atoms with Crippen LogP contribution in [0.25, 0.3) is 44.4 Å². The van der Waals surface area contributed by atoms with E-state index in [-0.39, 0.29) is 30.0 Å². The quantitative estimate of drug-likeness (QED) is 0.300. The zero-order valence-electron chi connectivity index (χ0n) is 25.0. The van der Waals surface area contributed by atoms with Gasteiger partial charge in [0.25, 0.3) is 0 Å². The molecule has 0 aromatic carbocycles. The molecule has 2 aliphatic heterocycles. The molecule has 0 spiro atoms. The van der Waals surface area contributed by atoms with Crippen LogP contribution in [0.2, 0.25) is 0 Å². The average Bonchev–Trinajstić information content (AvgIpc) is 3.59. The molecule has 7 heteroatoms. The van der Waals surface area contributed by atoms with Crippen LogP contribution in [0.4, 0.5) is 0 Å². The summed E-state index contributed by atoms with van der Waals surface area (Å²) in [5.74, 6) is 0. The number of hydrogen-bond donors (Lipinski definition) is 2. The van der Waals surface area contributed by atoms with E-state index in [1.54, 1.807) is 0 Å². The molecule has 3 aromatic rings. The average molecular weight is 596 g/mol. The van der Waals surface area contributed by atoms with Crippen LogP contribution in [0.15, 0.2) is 24.3 Å². The molecule has 0 atom stereocenters. The van der Waals surface area contributed by atoms with Gasteiger partial charge >= 0.3 is 16.8 Å². The Morgan fingerprint density at radius 1 is 0.585 bits per heavy atom. The minimum Gasteiger partial charge on any atom is -0.657 e.